The van der Waals surface area contributed by atoms with E-state index in [0.29, 0.717) is 22.9 Å². The number of hydrogen-bond acceptors (Lipinski definition) is 6. The van der Waals surface area contributed by atoms with Gasteiger partial charge in [-0.05, 0) is 61.0 Å². The van der Waals surface area contributed by atoms with Gasteiger partial charge in [0.1, 0.15) is 5.75 Å². The Bertz CT molecular complexity index is 1300. The van der Waals surface area contributed by atoms with Crippen LogP contribution < -0.4 is 10.9 Å². The van der Waals surface area contributed by atoms with Crippen molar-refractivity contribution in [2.24, 2.45) is 0 Å². The number of phenolic OH excluding ortho intramolecular Hbond substituents is 1. The van der Waals surface area contributed by atoms with E-state index in [4.69, 9.17) is 16.0 Å². The molecule has 0 atom stereocenters. The Labute approximate surface area is 187 Å². The number of carbonyl (C=O) groups is 2. The molecule has 0 unspecified atom stereocenters. The lowest BCUT2D eigenvalue weighted by Gasteiger charge is -2.09. The summed E-state index contributed by atoms with van der Waals surface area (Å²) in [5, 5.41) is 18.2. The summed E-state index contributed by atoms with van der Waals surface area (Å²) in [5.74, 6) is -0.774. The largest absolute Gasteiger partial charge is 0.507 e. The van der Waals surface area contributed by atoms with Crippen LogP contribution in [-0.2, 0) is 0 Å². The molecule has 0 aliphatic heterocycles. The third kappa shape index (κ3) is 4.45. The van der Waals surface area contributed by atoms with E-state index in [2.05, 4.69) is 21.0 Å². The zero-order chi connectivity index (χ0) is 22.7. The molecule has 3 N–H and O–H groups in total. The highest BCUT2D eigenvalue weighted by molar-refractivity contribution is 6.31. The molecule has 32 heavy (non-hydrogen) atoms. The predicted octanol–water partition coefficient (Wildman–Crippen LogP) is 4.15. The number of halogens is 1. The quantitative estimate of drug-likeness (QED) is 0.404. The van der Waals surface area contributed by atoms with E-state index in [1.807, 2.05) is 31.2 Å². The van der Waals surface area contributed by atoms with Crippen molar-refractivity contribution in [1.29, 1.82) is 0 Å². The molecule has 0 aliphatic rings. The van der Waals surface area contributed by atoms with Crippen molar-refractivity contribution in [2.75, 3.05) is 0 Å². The van der Waals surface area contributed by atoms with Crippen molar-refractivity contribution in [2.45, 2.75) is 6.92 Å². The first-order valence-corrected chi connectivity index (χ1v) is 9.89. The summed E-state index contributed by atoms with van der Waals surface area (Å²) in [6.45, 7) is 1.96. The van der Waals surface area contributed by atoms with Crippen molar-refractivity contribution in [3.05, 3.63) is 88.4 Å². The normalized spacial score (nSPS) is 10.6. The highest BCUT2D eigenvalue weighted by Crippen LogP contribution is 2.26. The van der Waals surface area contributed by atoms with Crippen LogP contribution in [0.2, 0.25) is 5.02 Å². The third-order valence-electron chi connectivity index (χ3n) is 4.69. The summed E-state index contributed by atoms with van der Waals surface area (Å²) < 4.78 is 5.77. The Hall–Kier alpha value is -4.17. The maximum atomic E-state index is 12.3. The van der Waals surface area contributed by atoms with Crippen LogP contribution in [0.25, 0.3) is 22.9 Å². The van der Waals surface area contributed by atoms with Crippen LogP contribution in [0.1, 0.15) is 26.3 Å². The van der Waals surface area contributed by atoms with Gasteiger partial charge in [-0.1, -0.05) is 29.8 Å². The second-order valence-electron chi connectivity index (χ2n) is 6.87. The maximum absolute atomic E-state index is 12.3. The second-order valence-corrected chi connectivity index (χ2v) is 7.31. The molecule has 3 aromatic carbocycles. The molecule has 0 spiro atoms. The number of rotatable bonds is 4. The summed E-state index contributed by atoms with van der Waals surface area (Å²) >= 11 is 5.83. The lowest BCUT2D eigenvalue weighted by atomic mass is 10.1. The number of aromatic hydroxyl groups is 1. The highest BCUT2D eigenvalue weighted by Gasteiger charge is 2.15. The molecular weight excluding hydrogens is 432 g/mol. The first-order chi connectivity index (χ1) is 15.4. The van der Waals surface area contributed by atoms with Gasteiger partial charge in [0.05, 0.1) is 5.56 Å². The lowest BCUT2D eigenvalue weighted by Crippen LogP contribution is -2.41. The van der Waals surface area contributed by atoms with Gasteiger partial charge in [-0.25, -0.2) is 0 Å². The number of nitrogens with one attached hydrogen (secondary N) is 2. The summed E-state index contributed by atoms with van der Waals surface area (Å²) in [5.41, 5.74) is 7.27. The molecule has 0 saturated carbocycles. The second kappa shape index (κ2) is 8.91. The number of hydrogen-bond donors (Lipinski definition) is 3. The maximum Gasteiger partial charge on any atom is 0.273 e. The fourth-order valence-corrected chi connectivity index (χ4v) is 3.14. The molecule has 8 nitrogen and oxygen atoms in total. The predicted molar refractivity (Wildman–Crippen MR) is 118 cm³/mol. The number of phenols is 1. The van der Waals surface area contributed by atoms with Gasteiger partial charge in [0, 0.05) is 21.7 Å². The zero-order valence-electron chi connectivity index (χ0n) is 16.8. The average molecular weight is 449 g/mol. The molecule has 0 bridgehead atoms. The molecule has 9 heteroatoms. The van der Waals surface area contributed by atoms with Gasteiger partial charge >= 0.3 is 0 Å². The van der Waals surface area contributed by atoms with E-state index in [-0.39, 0.29) is 16.3 Å². The summed E-state index contributed by atoms with van der Waals surface area (Å²) in [4.78, 5) is 24.5. The molecule has 1 aromatic heterocycles. The molecular formula is C23H17ClN4O4. The van der Waals surface area contributed by atoms with Crippen LogP contribution in [0.5, 0.6) is 5.75 Å². The average Bonchev–Trinajstić information content (AvgIpc) is 3.29. The number of nitrogens with zero attached hydrogens (tertiary/aromatic N) is 2. The monoisotopic (exact) mass is 448 g/mol. The van der Waals surface area contributed by atoms with Gasteiger partial charge in [-0.15, -0.1) is 10.2 Å². The van der Waals surface area contributed by atoms with Crippen molar-refractivity contribution < 1.29 is 19.1 Å². The first-order valence-electron chi connectivity index (χ1n) is 9.51. The van der Waals surface area contributed by atoms with Crippen molar-refractivity contribution in [3.63, 3.8) is 0 Å². The van der Waals surface area contributed by atoms with E-state index < -0.39 is 11.8 Å². The van der Waals surface area contributed by atoms with E-state index in [1.165, 1.54) is 18.2 Å². The molecule has 0 fully saturated rings. The number of aryl methyl sites for hydroxylation is 1. The van der Waals surface area contributed by atoms with Crippen molar-refractivity contribution >= 4 is 23.4 Å². The topological polar surface area (TPSA) is 117 Å². The molecule has 2 amide bonds. The van der Waals surface area contributed by atoms with Gasteiger partial charge in [-0.3, -0.25) is 20.4 Å². The molecule has 0 radical (unpaired) electrons. The van der Waals surface area contributed by atoms with E-state index >= 15 is 0 Å². The fraction of sp³-hybridized carbons (Fsp3) is 0.0435. The Balaban J connectivity index is 1.42. The minimum atomic E-state index is -0.704. The molecule has 0 aliphatic carbocycles. The lowest BCUT2D eigenvalue weighted by molar-refractivity contribution is 0.0845. The van der Waals surface area contributed by atoms with Crippen LogP contribution in [-0.4, -0.2) is 27.1 Å². The number of amides is 2. The van der Waals surface area contributed by atoms with E-state index in [9.17, 15) is 14.7 Å². The zero-order valence-corrected chi connectivity index (χ0v) is 17.6. The number of hydrazine groups is 1. The Morgan fingerprint density at radius 2 is 1.59 bits per heavy atom. The Morgan fingerprint density at radius 3 is 2.34 bits per heavy atom. The van der Waals surface area contributed by atoms with Crippen LogP contribution in [0.4, 0.5) is 0 Å². The Morgan fingerprint density at radius 1 is 0.906 bits per heavy atom. The van der Waals surface area contributed by atoms with E-state index in [0.717, 1.165) is 11.1 Å². The van der Waals surface area contributed by atoms with Crippen molar-refractivity contribution in [1.82, 2.24) is 21.0 Å². The minimum Gasteiger partial charge on any atom is -0.507 e. The number of aromatic nitrogens is 2. The third-order valence-corrected chi connectivity index (χ3v) is 4.92. The highest BCUT2D eigenvalue weighted by atomic mass is 35.5. The number of benzene rings is 3. The first kappa shape index (κ1) is 21.1. The summed E-state index contributed by atoms with van der Waals surface area (Å²) in [6, 6.07) is 18.2. The van der Waals surface area contributed by atoms with Crippen molar-refractivity contribution in [3.8, 4) is 28.7 Å². The summed E-state index contributed by atoms with van der Waals surface area (Å²) in [6.07, 6.45) is 0. The van der Waals surface area contributed by atoms with E-state index in [1.54, 1.807) is 24.3 Å². The van der Waals surface area contributed by atoms with Gasteiger partial charge in [-0.2, -0.15) is 0 Å². The van der Waals surface area contributed by atoms with Crippen LogP contribution in [0.15, 0.2) is 71.1 Å². The van der Waals surface area contributed by atoms with Crippen LogP contribution in [0.3, 0.4) is 0 Å². The van der Waals surface area contributed by atoms with Crippen LogP contribution in [0, 0.1) is 6.92 Å². The summed E-state index contributed by atoms with van der Waals surface area (Å²) in [7, 11) is 0. The van der Waals surface area contributed by atoms with Crippen LogP contribution >= 0.6 is 11.6 Å². The minimum absolute atomic E-state index is 0.0611. The standard InChI is InChI=1S/C23H17ClN4O4/c1-13-4-2-3-5-17(13)23-28-27-22(32-23)15-8-6-14(7-9-15)20(30)25-26-21(31)18-12-16(24)10-11-19(18)29/h2-12,29H,1H3,(H,25,30)(H,26,31). The van der Waals surface area contributed by atoms with Gasteiger partial charge in [0.15, 0.2) is 0 Å². The van der Waals surface area contributed by atoms with Gasteiger partial charge in [0.25, 0.3) is 11.8 Å². The molecule has 4 rings (SSSR count). The number of carbonyl (C=O) groups excluding carboxylic acids is 2. The smallest absolute Gasteiger partial charge is 0.273 e. The molecule has 160 valence electrons. The van der Waals surface area contributed by atoms with Gasteiger partial charge < -0.3 is 9.52 Å². The molecule has 4 aromatic rings. The fourth-order valence-electron chi connectivity index (χ4n) is 2.97. The Kier molecular flexibility index (Phi) is 5.87. The molecule has 1 heterocycles. The van der Waals surface area contributed by atoms with Gasteiger partial charge in [0.2, 0.25) is 11.8 Å². The molecule has 0 saturated heterocycles. The SMILES string of the molecule is Cc1ccccc1-c1nnc(-c2ccc(C(=O)NNC(=O)c3cc(Cl)ccc3O)cc2)o1.